The standard InChI is InChI=1S/C21H34N2O4/c1-27-14-12-21(10-5-2-6-11-21)15-22-18(24)9-13-23-19(25)16-7-3-4-8-17(16)20(23)26/h16-17H,2-15H2,1H3,(H,22,24). The minimum atomic E-state index is -0.131. The molecule has 3 aliphatic rings. The third kappa shape index (κ3) is 4.71. The van der Waals surface area contributed by atoms with E-state index in [4.69, 9.17) is 4.74 Å². The van der Waals surface area contributed by atoms with Crippen LogP contribution in [0.1, 0.15) is 70.6 Å². The largest absolute Gasteiger partial charge is 0.385 e. The van der Waals surface area contributed by atoms with Crippen molar-refractivity contribution in [1.29, 1.82) is 0 Å². The zero-order valence-electron chi connectivity index (χ0n) is 16.6. The number of fused-ring (bicyclic) bond motifs is 1. The van der Waals surface area contributed by atoms with E-state index in [1.807, 2.05) is 0 Å². The van der Waals surface area contributed by atoms with E-state index in [-0.39, 0.29) is 47.9 Å². The number of methoxy groups -OCH3 is 1. The summed E-state index contributed by atoms with van der Waals surface area (Å²) in [5.74, 6) is -0.432. The summed E-state index contributed by atoms with van der Waals surface area (Å²) in [5, 5.41) is 3.07. The fourth-order valence-electron chi connectivity index (χ4n) is 5.17. The van der Waals surface area contributed by atoms with Gasteiger partial charge in [-0.2, -0.15) is 0 Å². The highest BCUT2D eigenvalue weighted by molar-refractivity contribution is 6.05. The minimum absolute atomic E-state index is 0.0543. The summed E-state index contributed by atoms with van der Waals surface area (Å²) >= 11 is 0. The zero-order valence-corrected chi connectivity index (χ0v) is 16.6. The van der Waals surface area contributed by atoms with Crippen molar-refractivity contribution in [2.75, 3.05) is 26.8 Å². The number of carbonyl (C=O) groups is 3. The Kier molecular flexibility index (Phi) is 6.90. The fraction of sp³-hybridized carbons (Fsp3) is 0.857. The first-order chi connectivity index (χ1) is 13.1. The molecule has 0 aromatic carbocycles. The fourth-order valence-corrected chi connectivity index (χ4v) is 5.17. The number of amides is 3. The van der Waals surface area contributed by atoms with Gasteiger partial charge in [0.1, 0.15) is 0 Å². The van der Waals surface area contributed by atoms with Crippen molar-refractivity contribution in [2.24, 2.45) is 17.3 Å². The first-order valence-corrected chi connectivity index (χ1v) is 10.7. The van der Waals surface area contributed by atoms with Crippen molar-refractivity contribution in [2.45, 2.75) is 70.6 Å². The number of rotatable bonds is 8. The van der Waals surface area contributed by atoms with Crippen molar-refractivity contribution in [3.05, 3.63) is 0 Å². The van der Waals surface area contributed by atoms with Crippen LogP contribution in [0.15, 0.2) is 0 Å². The van der Waals surface area contributed by atoms with Gasteiger partial charge in [-0.05, 0) is 37.5 Å². The second-order valence-corrected chi connectivity index (χ2v) is 8.66. The molecule has 2 saturated carbocycles. The Morgan fingerprint density at radius 1 is 1.07 bits per heavy atom. The summed E-state index contributed by atoms with van der Waals surface area (Å²) in [6.07, 6.45) is 10.8. The molecule has 6 heteroatoms. The summed E-state index contributed by atoms with van der Waals surface area (Å²) < 4.78 is 5.27. The van der Waals surface area contributed by atoms with Crippen LogP contribution in [0.2, 0.25) is 0 Å². The molecule has 0 spiro atoms. The topological polar surface area (TPSA) is 75.7 Å². The molecular weight excluding hydrogens is 344 g/mol. The lowest BCUT2D eigenvalue weighted by molar-refractivity contribution is -0.140. The van der Waals surface area contributed by atoms with Gasteiger partial charge >= 0.3 is 0 Å². The second-order valence-electron chi connectivity index (χ2n) is 8.66. The first-order valence-electron chi connectivity index (χ1n) is 10.7. The third-order valence-electron chi connectivity index (χ3n) is 6.91. The molecular formula is C21H34N2O4. The molecule has 0 radical (unpaired) electrons. The summed E-state index contributed by atoms with van der Waals surface area (Å²) in [5.41, 5.74) is 0.137. The molecule has 1 saturated heterocycles. The predicted octanol–water partition coefficient (Wildman–Crippen LogP) is 2.65. The van der Waals surface area contributed by atoms with E-state index < -0.39 is 0 Å². The molecule has 1 N–H and O–H groups in total. The number of likely N-dealkylation sites (tertiary alicyclic amines) is 1. The highest BCUT2D eigenvalue weighted by Gasteiger charge is 2.47. The van der Waals surface area contributed by atoms with Crippen molar-refractivity contribution in [3.63, 3.8) is 0 Å². The van der Waals surface area contributed by atoms with E-state index in [1.165, 1.54) is 24.2 Å². The molecule has 1 aliphatic heterocycles. The lowest BCUT2D eigenvalue weighted by Crippen LogP contribution is -2.41. The van der Waals surface area contributed by atoms with Crippen molar-refractivity contribution < 1.29 is 19.1 Å². The van der Waals surface area contributed by atoms with Gasteiger partial charge in [0, 0.05) is 33.2 Å². The summed E-state index contributed by atoms with van der Waals surface area (Å²) in [4.78, 5) is 38.7. The monoisotopic (exact) mass is 378 g/mol. The maximum absolute atomic E-state index is 12.5. The third-order valence-corrected chi connectivity index (χ3v) is 6.91. The molecule has 1 heterocycles. The Balaban J connectivity index is 1.47. The van der Waals surface area contributed by atoms with Crippen LogP contribution in [-0.2, 0) is 19.1 Å². The average molecular weight is 379 g/mol. The zero-order chi connectivity index (χ0) is 19.3. The first kappa shape index (κ1) is 20.3. The molecule has 0 bridgehead atoms. The van der Waals surface area contributed by atoms with Crippen LogP contribution < -0.4 is 5.32 Å². The van der Waals surface area contributed by atoms with Gasteiger partial charge in [0.05, 0.1) is 11.8 Å². The molecule has 27 heavy (non-hydrogen) atoms. The van der Waals surface area contributed by atoms with Crippen LogP contribution in [0, 0.1) is 17.3 Å². The van der Waals surface area contributed by atoms with Crippen molar-refractivity contribution in [1.82, 2.24) is 10.2 Å². The molecule has 0 aromatic rings. The van der Waals surface area contributed by atoms with Crippen molar-refractivity contribution >= 4 is 17.7 Å². The number of ether oxygens (including phenoxy) is 1. The van der Waals surface area contributed by atoms with Crippen LogP contribution in [0.3, 0.4) is 0 Å². The molecule has 2 atom stereocenters. The van der Waals surface area contributed by atoms with Crippen LogP contribution in [0.25, 0.3) is 0 Å². The molecule has 0 aromatic heterocycles. The Bertz CT molecular complexity index is 532. The summed E-state index contributed by atoms with van der Waals surface area (Å²) in [6, 6.07) is 0. The highest BCUT2D eigenvalue weighted by Crippen LogP contribution is 2.39. The van der Waals surface area contributed by atoms with Gasteiger partial charge in [0.15, 0.2) is 0 Å². The van der Waals surface area contributed by atoms with E-state index in [0.717, 1.165) is 51.6 Å². The van der Waals surface area contributed by atoms with E-state index in [1.54, 1.807) is 7.11 Å². The quantitative estimate of drug-likeness (QED) is 0.659. The van der Waals surface area contributed by atoms with Crippen LogP contribution in [0.4, 0.5) is 0 Å². The van der Waals surface area contributed by atoms with Gasteiger partial charge in [0.2, 0.25) is 17.7 Å². The van der Waals surface area contributed by atoms with Gasteiger partial charge in [-0.3, -0.25) is 19.3 Å². The molecule has 6 nitrogen and oxygen atoms in total. The van der Waals surface area contributed by atoms with E-state index in [0.29, 0.717) is 6.54 Å². The molecule has 2 unspecified atom stereocenters. The smallest absolute Gasteiger partial charge is 0.233 e. The molecule has 3 amide bonds. The second kappa shape index (κ2) is 9.18. The van der Waals surface area contributed by atoms with Crippen LogP contribution >= 0.6 is 0 Å². The van der Waals surface area contributed by atoms with Gasteiger partial charge < -0.3 is 10.1 Å². The van der Waals surface area contributed by atoms with Gasteiger partial charge in [0.25, 0.3) is 0 Å². The normalized spacial score (nSPS) is 27.5. The van der Waals surface area contributed by atoms with Crippen LogP contribution in [0.5, 0.6) is 0 Å². The summed E-state index contributed by atoms with van der Waals surface area (Å²) in [6.45, 7) is 1.61. The molecule has 3 rings (SSSR count). The number of hydrogen-bond acceptors (Lipinski definition) is 4. The van der Waals surface area contributed by atoms with Gasteiger partial charge in [-0.15, -0.1) is 0 Å². The molecule has 152 valence electrons. The lowest BCUT2D eigenvalue weighted by atomic mass is 9.72. The van der Waals surface area contributed by atoms with Crippen molar-refractivity contribution in [3.8, 4) is 0 Å². The maximum Gasteiger partial charge on any atom is 0.233 e. The minimum Gasteiger partial charge on any atom is -0.385 e. The Labute approximate surface area is 162 Å². The van der Waals surface area contributed by atoms with E-state index in [2.05, 4.69) is 5.32 Å². The molecule has 3 fully saturated rings. The van der Waals surface area contributed by atoms with E-state index in [9.17, 15) is 14.4 Å². The number of nitrogens with one attached hydrogen (secondary N) is 1. The number of imide groups is 1. The molecule has 2 aliphatic carbocycles. The van der Waals surface area contributed by atoms with Gasteiger partial charge in [-0.1, -0.05) is 32.1 Å². The number of nitrogens with zero attached hydrogens (tertiary/aromatic N) is 1. The SMILES string of the molecule is COCCC1(CNC(=O)CCN2C(=O)C3CCCCC3C2=O)CCCCC1. The van der Waals surface area contributed by atoms with Gasteiger partial charge in [-0.25, -0.2) is 0 Å². The number of hydrogen-bond donors (Lipinski definition) is 1. The Hall–Kier alpha value is -1.43. The summed E-state index contributed by atoms with van der Waals surface area (Å²) in [7, 11) is 1.72. The maximum atomic E-state index is 12.5. The number of carbonyl (C=O) groups excluding carboxylic acids is 3. The Morgan fingerprint density at radius 3 is 2.30 bits per heavy atom. The van der Waals surface area contributed by atoms with E-state index >= 15 is 0 Å². The van der Waals surface area contributed by atoms with Crippen LogP contribution in [-0.4, -0.2) is 49.4 Å². The Morgan fingerprint density at radius 2 is 1.70 bits per heavy atom. The average Bonchev–Trinajstić information content (AvgIpc) is 2.95. The predicted molar refractivity (Wildman–Crippen MR) is 102 cm³/mol. The highest BCUT2D eigenvalue weighted by atomic mass is 16.5. The lowest BCUT2D eigenvalue weighted by Gasteiger charge is -2.37.